The molecule has 11 heteroatoms. The molecule has 7 nitrogen and oxygen atoms in total. The first-order chi connectivity index (χ1) is 8.50. The highest BCUT2D eigenvalue weighted by atomic mass is 32.3. The highest BCUT2D eigenvalue weighted by Gasteiger charge is 2.36. The van der Waals surface area contributed by atoms with Crippen LogP contribution in [-0.4, -0.2) is 34.8 Å². The molecule has 0 N–H and O–H groups in total. The summed E-state index contributed by atoms with van der Waals surface area (Å²) >= 11 is 0. The zero-order valence-corrected chi connectivity index (χ0v) is 11.8. The molecule has 19 heavy (non-hydrogen) atoms. The summed E-state index contributed by atoms with van der Waals surface area (Å²) < 4.78 is 74.1. The summed E-state index contributed by atoms with van der Waals surface area (Å²) in [4.78, 5) is 11.6. The molecule has 0 saturated carbocycles. The van der Waals surface area contributed by atoms with E-state index < -0.39 is 39.0 Å². The Labute approximate surface area is 110 Å². The van der Waals surface area contributed by atoms with E-state index in [-0.39, 0.29) is 19.3 Å². The van der Waals surface area contributed by atoms with E-state index >= 15 is 0 Å². The lowest BCUT2D eigenvalue weighted by Crippen LogP contribution is -2.39. The Morgan fingerprint density at radius 1 is 1.05 bits per heavy atom. The number of Topliss-reactive ketones (excluding diaryl/α,β-unsaturated/α-hetero) is 1. The van der Waals surface area contributed by atoms with Crippen molar-refractivity contribution in [1.82, 2.24) is 0 Å². The molecule has 0 aromatic carbocycles. The molecule has 0 radical (unpaired) electrons. The first-order valence-electron chi connectivity index (χ1n) is 5.28. The monoisotopic (exact) mass is 324 g/mol. The molecule has 0 spiro atoms. The SMILES string of the molecule is CCCC(=O)C(OS(=O)(=O)F)C(CC)OS(=O)(=O)F. The van der Waals surface area contributed by atoms with E-state index in [2.05, 4.69) is 8.37 Å². The summed E-state index contributed by atoms with van der Waals surface area (Å²) in [6.45, 7) is 2.86. The molecular weight excluding hydrogens is 310 g/mol. The van der Waals surface area contributed by atoms with Gasteiger partial charge in [-0.25, -0.2) is 8.37 Å². The Morgan fingerprint density at radius 3 is 1.84 bits per heavy atom. The van der Waals surface area contributed by atoms with E-state index in [4.69, 9.17) is 0 Å². The van der Waals surface area contributed by atoms with Gasteiger partial charge in [0.15, 0.2) is 11.9 Å². The topological polar surface area (TPSA) is 104 Å². The van der Waals surface area contributed by atoms with Gasteiger partial charge in [0.2, 0.25) is 0 Å². The molecule has 0 aromatic rings. The maximum absolute atomic E-state index is 12.5. The van der Waals surface area contributed by atoms with E-state index in [0.29, 0.717) is 0 Å². The largest absolute Gasteiger partial charge is 0.438 e. The third-order valence-corrected chi connectivity index (χ3v) is 2.93. The summed E-state index contributed by atoms with van der Waals surface area (Å²) in [5.74, 6) is -0.903. The van der Waals surface area contributed by atoms with Gasteiger partial charge >= 0.3 is 21.0 Å². The van der Waals surface area contributed by atoms with Gasteiger partial charge in [-0.15, -0.1) is 0 Å². The minimum atomic E-state index is -5.52. The van der Waals surface area contributed by atoms with Crippen LogP contribution in [0.5, 0.6) is 0 Å². The standard InChI is InChI=1S/C8H14F2O7S2/c1-3-5-6(11)8(17-19(10,14)15)7(4-2)16-18(9,12)13/h7-8H,3-5H2,1-2H3. The number of hydrogen-bond donors (Lipinski definition) is 0. The number of halogens is 2. The van der Waals surface area contributed by atoms with E-state index in [9.17, 15) is 29.4 Å². The summed E-state index contributed by atoms with van der Waals surface area (Å²) in [5.41, 5.74) is 0. The van der Waals surface area contributed by atoms with Crippen molar-refractivity contribution in [1.29, 1.82) is 0 Å². The molecule has 0 saturated heterocycles. The van der Waals surface area contributed by atoms with Gasteiger partial charge in [0.05, 0.1) is 0 Å². The van der Waals surface area contributed by atoms with Crippen molar-refractivity contribution >= 4 is 26.8 Å². The van der Waals surface area contributed by atoms with E-state index in [1.54, 1.807) is 6.92 Å². The molecule has 2 unspecified atom stereocenters. The van der Waals surface area contributed by atoms with Gasteiger partial charge in [-0.2, -0.15) is 16.8 Å². The molecule has 0 bridgehead atoms. The molecule has 0 aliphatic carbocycles. The van der Waals surface area contributed by atoms with Crippen LogP contribution in [0.4, 0.5) is 7.77 Å². The zero-order chi connectivity index (χ0) is 15.3. The minimum absolute atomic E-state index is 0.202. The van der Waals surface area contributed by atoms with Gasteiger partial charge in [0, 0.05) is 6.42 Å². The Bertz CT molecular complexity index is 499. The quantitative estimate of drug-likeness (QED) is 0.582. The fourth-order valence-electron chi connectivity index (χ4n) is 1.32. The van der Waals surface area contributed by atoms with Crippen LogP contribution in [0.15, 0.2) is 0 Å². The zero-order valence-electron chi connectivity index (χ0n) is 10.2. The smallest absolute Gasteiger partial charge is 0.297 e. The van der Waals surface area contributed by atoms with Crippen molar-refractivity contribution in [3.63, 3.8) is 0 Å². The van der Waals surface area contributed by atoms with Crippen molar-refractivity contribution in [3.8, 4) is 0 Å². The molecule has 0 aliphatic rings. The predicted molar refractivity (Wildman–Crippen MR) is 60.0 cm³/mol. The molecule has 2 atom stereocenters. The molecule has 0 aliphatic heterocycles. The average Bonchev–Trinajstić information content (AvgIpc) is 2.20. The summed E-state index contributed by atoms with van der Waals surface area (Å²) in [5, 5.41) is 0. The lowest BCUT2D eigenvalue weighted by Gasteiger charge is -2.21. The third-order valence-electron chi connectivity index (χ3n) is 2.01. The van der Waals surface area contributed by atoms with Crippen LogP contribution in [-0.2, 0) is 34.2 Å². The number of hydrogen-bond acceptors (Lipinski definition) is 7. The highest BCUT2D eigenvalue weighted by molar-refractivity contribution is 7.81. The number of rotatable bonds is 9. The number of ketones is 1. The van der Waals surface area contributed by atoms with Crippen LogP contribution >= 0.6 is 0 Å². The lowest BCUT2D eigenvalue weighted by atomic mass is 10.0. The van der Waals surface area contributed by atoms with Gasteiger partial charge in [-0.3, -0.25) is 4.79 Å². The molecule has 0 rings (SSSR count). The Morgan fingerprint density at radius 2 is 1.53 bits per heavy atom. The summed E-state index contributed by atoms with van der Waals surface area (Å²) in [7, 11) is -10.9. The van der Waals surface area contributed by atoms with E-state index in [0.717, 1.165) is 0 Å². The van der Waals surface area contributed by atoms with Crippen LogP contribution in [0.1, 0.15) is 33.1 Å². The van der Waals surface area contributed by atoms with Crippen molar-refractivity contribution < 1.29 is 37.8 Å². The number of carbonyl (C=O) groups is 1. The van der Waals surface area contributed by atoms with Gasteiger partial charge in [-0.05, 0) is 12.8 Å². The number of carbonyl (C=O) groups excluding carboxylic acids is 1. The maximum atomic E-state index is 12.5. The first kappa shape index (κ1) is 18.4. The molecule has 0 amide bonds. The third kappa shape index (κ3) is 8.18. The van der Waals surface area contributed by atoms with Gasteiger partial charge in [0.25, 0.3) is 0 Å². The van der Waals surface area contributed by atoms with Crippen LogP contribution in [0.2, 0.25) is 0 Å². The molecular formula is C8H14F2O7S2. The van der Waals surface area contributed by atoms with E-state index in [1.807, 2.05) is 0 Å². The Hall–Kier alpha value is -0.650. The second kappa shape index (κ2) is 7.22. The molecule has 0 fully saturated rings. The fraction of sp³-hybridized carbons (Fsp3) is 0.875. The van der Waals surface area contributed by atoms with E-state index in [1.165, 1.54) is 6.92 Å². The van der Waals surface area contributed by atoms with Crippen LogP contribution in [0, 0.1) is 0 Å². The lowest BCUT2D eigenvalue weighted by molar-refractivity contribution is -0.130. The minimum Gasteiger partial charge on any atom is -0.297 e. The van der Waals surface area contributed by atoms with Crippen molar-refractivity contribution in [3.05, 3.63) is 0 Å². The summed E-state index contributed by atoms with van der Waals surface area (Å²) in [6.07, 6.45) is -4.01. The van der Waals surface area contributed by atoms with Crippen LogP contribution in [0.3, 0.4) is 0 Å². The second-order valence-electron chi connectivity index (χ2n) is 3.56. The summed E-state index contributed by atoms with van der Waals surface area (Å²) in [6, 6.07) is 0. The van der Waals surface area contributed by atoms with Gasteiger partial charge in [-0.1, -0.05) is 21.6 Å². The van der Waals surface area contributed by atoms with Crippen LogP contribution < -0.4 is 0 Å². The molecule has 0 aromatic heterocycles. The fourth-order valence-corrected chi connectivity index (χ4v) is 2.33. The highest BCUT2D eigenvalue weighted by Crippen LogP contribution is 2.18. The van der Waals surface area contributed by atoms with Crippen molar-refractivity contribution in [2.45, 2.75) is 45.3 Å². The maximum Gasteiger partial charge on any atom is 0.438 e. The van der Waals surface area contributed by atoms with Crippen LogP contribution in [0.25, 0.3) is 0 Å². The molecule has 114 valence electrons. The average molecular weight is 324 g/mol. The predicted octanol–water partition coefficient (Wildman–Crippen LogP) is 0.965. The normalized spacial score (nSPS) is 16.0. The van der Waals surface area contributed by atoms with Gasteiger partial charge in [0.1, 0.15) is 6.10 Å². The van der Waals surface area contributed by atoms with Crippen molar-refractivity contribution in [2.75, 3.05) is 0 Å². The Kier molecular flexibility index (Phi) is 6.97. The Balaban J connectivity index is 5.23. The van der Waals surface area contributed by atoms with Crippen molar-refractivity contribution in [2.24, 2.45) is 0 Å². The second-order valence-corrected chi connectivity index (χ2v) is 5.52. The van der Waals surface area contributed by atoms with Gasteiger partial charge < -0.3 is 0 Å². The first-order valence-corrected chi connectivity index (χ1v) is 7.90. The molecule has 0 heterocycles.